The molecule has 2 rings (SSSR count). The molecule has 1 aromatic heterocycles. The van der Waals surface area contributed by atoms with Gasteiger partial charge in [0, 0.05) is 23.5 Å². The third-order valence-electron chi connectivity index (χ3n) is 4.33. The molecule has 0 unspecified atom stereocenters. The normalized spacial score (nSPS) is 11.2. The number of amides is 1. The average Bonchev–Trinajstić information content (AvgIpc) is 2.79. The van der Waals surface area contributed by atoms with Crippen molar-refractivity contribution in [2.75, 3.05) is 20.6 Å². The third kappa shape index (κ3) is 3.62. The smallest absolute Gasteiger partial charge is 0.251 e. The Labute approximate surface area is 143 Å². The molecule has 24 heavy (non-hydrogen) atoms. The zero-order valence-corrected chi connectivity index (χ0v) is 15.0. The summed E-state index contributed by atoms with van der Waals surface area (Å²) in [6, 6.07) is 7.00. The van der Waals surface area contributed by atoms with Gasteiger partial charge in [-0.15, -0.1) is 0 Å². The van der Waals surface area contributed by atoms with Crippen LogP contribution in [0.2, 0.25) is 0 Å². The summed E-state index contributed by atoms with van der Waals surface area (Å²) >= 11 is 0. The van der Waals surface area contributed by atoms with Crippen molar-refractivity contribution in [3.8, 4) is 16.9 Å². The summed E-state index contributed by atoms with van der Waals surface area (Å²) in [5, 5.41) is 9.82. The van der Waals surface area contributed by atoms with Crippen LogP contribution in [0.3, 0.4) is 0 Å². The Morgan fingerprint density at radius 3 is 2.58 bits per heavy atom. The Balaban J connectivity index is 2.58. The fourth-order valence-corrected chi connectivity index (χ4v) is 3.29. The first-order chi connectivity index (χ1) is 11.4. The van der Waals surface area contributed by atoms with Crippen LogP contribution in [0.5, 0.6) is 5.75 Å². The number of primary amides is 1. The Morgan fingerprint density at radius 1 is 1.33 bits per heavy atom. The van der Waals surface area contributed by atoms with E-state index < -0.39 is 5.91 Å². The lowest BCUT2D eigenvalue weighted by atomic mass is 9.98. The van der Waals surface area contributed by atoms with E-state index in [9.17, 15) is 9.90 Å². The molecule has 1 heterocycles. The van der Waals surface area contributed by atoms with E-state index in [-0.39, 0.29) is 5.75 Å². The highest BCUT2D eigenvalue weighted by Crippen LogP contribution is 2.34. The van der Waals surface area contributed by atoms with Crippen molar-refractivity contribution in [2.24, 2.45) is 5.73 Å². The second kappa shape index (κ2) is 7.53. The van der Waals surface area contributed by atoms with Crippen molar-refractivity contribution in [3.63, 3.8) is 0 Å². The van der Waals surface area contributed by atoms with E-state index in [0.29, 0.717) is 5.56 Å². The molecule has 1 aromatic carbocycles. The van der Waals surface area contributed by atoms with Crippen LogP contribution in [-0.4, -0.2) is 41.1 Å². The van der Waals surface area contributed by atoms with Crippen LogP contribution in [0.25, 0.3) is 11.1 Å². The molecule has 0 aliphatic carbocycles. The highest BCUT2D eigenvalue weighted by atomic mass is 16.3. The van der Waals surface area contributed by atoms with Gasteiger partial charge in [0.1, 0.15) is 5.75 Å². The Bertz CT molecular complexity index is 732. The van der Waals surface area contributed by atoms with Gasteiger partial charge in [0.05, 0.1) is 5.56 Å². The van der Waals surface area contributed by atoms with E-state index in [1.54, 1.807) is 18.2 Å². The molecule has 5 heteroatoms. The monoisotopic (exact) mass is 329 g/mol. The third-order valence-corrected chi connectivity index (χ3v) is 4.33. The van der Waals surface area contributed by atoms with Crippen molar-refractivity contribution >= 4 is 5.91 Å². The molecule has 0 aliphatic heterocycles. The number of aromatic hydroxyl groups is 1. The minimum Gasteiger partial charge on any atom is -0.508 e. The highest BCUT2D eigenvalue weighted by Gasteiger charge is 2.23. The van der Waals surface area contributed by atoms with Gasteiger partial charge in [0.15, 0.2) is 0 Å². The van der Waals surface area contributed by atoms with Gasteiger partial charge in [0.25, 0.3) is 5.91 Å². The SMILES string of the molecule is CCc1c(-c2cccc(O)c2)c(C(N)=O)c(C)n1CCCN(C)C. The van der Waals surface area contributed by atoms with Crippen LogP contribution < -0.4 is 5.73 Å². The predicted octanol–water partition coefficient (Wildman–Crippen LogP) is 2.78. The summed E-state index contributed by atoms with van der Waals surface area (Å²) < 4.78 is 2.20. The van der Waals surface area contributed by atoms with Gasteiger partial charge >= 0.3 is 0 Å². The quantitative estimate of drug-likeness (QED) is 0.820. The largest absolute Gasteiger partial charge is 0.508 e. The first-order valence-electron chi connectivity index (χ1n) is 8.32. The van der Waals surface area contributed by atoms with E-state index in [4.69, 9.17) is 5.73 Å². The molecular weight excluding hydrogens is 302 g/mol. The van der Waals surface area contributed by atoms with Crippen LogP contribution in [0.1, 0.15) is 35.1 Å². The molecule has 0 aliphatic rings. The Hall–Kier alpha value is -2.27. The number of benzene rings is 1. The maximum Gasteiger partial charge on any atom is 0.251 e. The summed E-state index contributed by atoms with van der Waals surface area (Å²) in [5.74, 6) is -0.241. The van der Waals surface area contributed by atoms with Crippen molar-refractivity contribution in [1.82, 2.24) is 9.47 Å². The number of hydrogen-bond donors (Lipinski definition) is 2. The number of carbonyl (C=O) groups is 1. The van der Waals surface area contributed by atoms with Crippen molar-refractivity contribution < 1.29 is 9.90 Å². The van der Waals surface area contributed by atoms with Crippen molar-refractivity contribution in [3.05, 3.63) is 41.2 Å². The fraction of sp³-hybridized carbons (Fsp3) is 0.421. The zero-order valence-electron chi connectivity index (χ0n) is 15.0. The maximum absolute atomic E-state index is 12.1. The summed E-state index contributed by atoms with van der Waals surface area (Å²) in [7, 11) is 4.10. The number of aromatic nitrogens is 1. The summed E-state index contributed by atoms with van der Waals surface area (Å²) in [5.41, 5.74) is 9.91. The summed E-state index contributed by atoms with van der Waals surface area (Å²) in [6.07, 6.45) is 1.79. The van der Waals surface area contributed by atoms with E-state index >= 15 is 0 Å². The van der Waals surface area contributed by atoms with E-state index in [1.165, 1.54) is 0 Å². The lowest BCUT2D eigenvalue weighted by Crippen LogP contribution is -2.17. The number of carbonyl (C=O) groups excluding carboxylic acids is 1. The second-order valence-electron chi connectivity index (χ2n) is 6.36. The summed E-state index contributed by atoms with van der Waals surface area (Å²) in [6.45, 7) is 5.84. The van der Waals surface area contributed by atoms with Crippen LogP contribution in [0, 0.1) is 6.92 Å². The van der Waals surface area contributed by atoms with Gasteiger partial charge in [0.2, 0.25) is 0 Å². The number of phenols is 1. The first kappa shape index (κ1) is 18.1. The van der Waals surface area contributed by atoms with E-state index in [2.05, 4.69) is 30.5 Å². The molecule has 0 fully saturated rings. The minimum atomic E-state index is -0.424. The van der Waals surface area contributed by atoms with Crippen LogP contribution in [0.15, 0.2) is 24.3 Å². The maximum atomic E-state index is 12.1. The van der Waals surface area contributed by atoms with Crippen molar-refractivity contribution in [1.29, 1.82) is 0 Å². The lowest BCUT2D eigenvalue weighted by molar-refractivity contribution is 0.1000. The van der Waals surface area contributed by atoms with Crippen molar-refractivity contribution in [2.45, 2.75) is 33.2 Å². The minimum absolute atomic E-state index is 0.183. The first-order valence-corrected chi connectivity index (χ1v) is 8.32. The number of nitrogens with zero attached hydrogens (tertiary/aromatic N) is 2. The number of nitrogens with two attached hydrogens (primary N) is 1. The lowest BCUT2D eigenvalue weighted by Gasteiger charge is -2.14. The molecule has 0 bridgehead atoms. The number of rotatable bonds is 7. The molecule has 0 radical (unpaired) electrons. The molecule has 0 saturated heterocycles. The number of phenolic OH excluding ortho intramolecular Hbond substituents is 1. The standard InChI is InChI=1S/C19H27N3O2/c1-5-16-18(14-8-6-9-15(23)12-14)17(19(20)24)13(2)22(16)11-7-10-21(3)4/h6,8-9,12,23H,5,7,10-11H2,1-4H3,(H2,20,24). The van der Waals surface area contributed by atoms with Gasteiger partial charge in [-0.2, -0.15) is 0 Å². The van der Waals surface area contributed by atoms with Gasteiger partial charge < -0.3 is 20.3 Å². The molecule has 0 saturated carbocycles. The molecule has 2 aromatic rings. The molecule has 130 valence electrons. The average molecular weight is 329 g/mol. The van der Waals surface area contributed by atoms with Crippen LogP contribution >= 0.6 is 0 Å². The summed E-state index contributed by atoms with van der Waals surface area (Å²) in [4.78, 5) is 14.3. The predicted molar refractivity (Wildman–Crippen MR) is 97.3 cm³/mol. The van der Waals surface area contributed by atoms with E-state index in [0.717, 1.165) is 48.4 Å². The topological polar surface area (TPSA) is 71.5 Å². The van der Waals surface area contributed by atoms with Crippen LogP contribution in [-0.2, 0) is 13.0 Å². The highest BCUT2D eigenvalue weighted by molar-refractivity contribution is 6.02. The van der Waals surface area contributed by atoms with Gasteiger partial charge in [-0.05, 0) is 58.1 Å². The fourth-order valence-electron chi connectivity index (χ4n) is 3.29. The molecule has 3 N–H and O–H groups in total. The van der Waals surface area contributed by atoms with Gasteiger partial charge in [-0.1, -0.05) is 19.1 Å². The van der Waals surface area contributed by atoms with E-state index in [1.807, 2.05) is 13.0 Å². The molecular formula is C19H27N3O2. The molecule has 5 nitrogen and oxygen atoms in total. The second-order valence-corrected chi connectivity index (χ2v) is 6.36. The Morgan fingerprint density at radius 2 is 2.04 bits per heavy atom. The molecule has 0 atom stereocenters. The van der Waals surface area contributed by atoms with Crippen LogP contribution in [0.4, 0.5) is 0 Å². The zero-order chi connectivity index (χ0) is 17.9. The van der Waals surface area contributed by atoms with Gasteiger partial charge in [-0.25, -0.2) is 0 Å². The number of hydrogen-bond acceptors (Lipinski definition) is 3. The Kier molecular flexibility index (Phi) is 5.67. The molecule has 1 amide bonds. The van der Waals surface area contributed by atoms with Gasteiger partial charge in [-0.3, -0.25) is 4.79 Å². The molecule has 0 spiro atoms.